The molecule has 5 nitrogen and oxygen atoms in total. The van der Waals surface area contributed by atoms with Crippen molar-refractivity contribution in [3.8, 4) is 5.75 Å². The Bertz CT molecular complexity index is 784. The third kappa shape index (κ3) is 3.36. The molecule has 0 bridgehead atoms. The predicted octanol–water partition coefficient (Wildman–Crippen LogP) is 2.79. The molecular formula is C20H22N2O3. The molecule has 25 heavy (non-hydrogen) atoms. The summed E-state index contributed by atoms with van der Waals surface area (Å²) in [5.41, 5.74) is 2.33. The van der Waals surface area contributed by atoms with Gasteiger partial charge in [0.25, 0.3) is 5.91 Å². The molecule has 0 saturated carbocycles. The molecule has 0 radical (unpaired) electrons. The van der Waals surface area contributed by atoms with Gasteiger partial charge in [0.1, 0.15) is 11.8 Å². The van der Waals surface area contributed by atoms with Gasteiger partial charge in [0.15, 0.2) is 0 Å². The van der Waals surface area contributed by atoms with Crippen LogP contribution in [0.1, 0.15) is 29.8 Å². The Kier molecular flexibility index (Phi) is 4.74. The first-order valence-corrected chi connectivity index (χ1v) is 8.41. The van der Waals surface area contributed by atoms with Gasteiger partial charge < -0.3 is 10.1 Å². The quantitative estimate of drug-likeness (QED) is 0.932. The van der Waals surface area contributed by atoms with Gasteiger partial charge in [-0.25, -0.2) is 0 Å². The first-order chi connectivity index (χ1) is 12.0. The van der Waals surface area contributed by atoms with Crippen LogP contribution >= 0.6 is 0 Å². The van der Waals surface area contributed by atoms with Gasteiger partial charge in [-0.05, 0) is 49.7 Å². The second-order valence-corrected chi connectivity index (χ2v) is 6.33. The smallest absolute Gasteiger partial charge is 0.259 e. The normalized spacial score (nSPS) is 15.8. The average Bonchev–Trinajstić information content (AvgIpc) is 3.00. The summed E-state index contributed by atoms with van der Waals surface area (Å²) in [6, 6.07) is 14.2. The van der Waals surface area contributed by atoms with Crippen molar-refractivity contribution in [2.75, 3.05) is 11.9 Å². The number of fused-ring (bicyclic) bond motifs is 1. The molecule has 0 saturated heterocycles. The van der Waals surface area contributed by atoms with Crippen molar-refractivity contribution in [1.82, 2.24) is 5.32 Å². The lowest BCUT2D eigenvalue weighted by molar-refractivity contribution is -0.121. The van der Waals surface area contributed by atoms with E-state index in [0.717, 1.165) is 17.0 Å². The Morgan fingerprint density at radius 3 is 2.44 bits per heavy atom. The van der Waals surface area contributed by atoms with E-state index in [0.29, 0.717) is 12.0 Å². The highest BCUT2D eigenvalue weighted by Crippen LogP contribution is 2.33. The number of hydrogen-bond acceptors (Lipinski definition) is 3. The molecule has 2 amide bonds. The summed E-state index contributed by atoms with van der Waals surface area (Å²) in [5, 5.41) is 2.66. The highest BCUT2D eigenvalue weighted by Gasteiger charge is 2.38. The summed E-state index contributed by atoms with van der Waals surface area (Å²) in [4.78, 5) is 26.9. The van der Waals surface area contributed by atoms with Crippen LogP contribution in [0.4, 0.5) is 5.69 Å². The van der Waals surface area contributed by atoms with E-state index in [2.05, 4.69) is 5.32 Å². The van der Waals surface area contributed by atoms with E-state index in [-0.39, 0.29) is 17.9 Å². The lowest BCUT2D eigenvalue weighted by Crippen LogP contribution is -2.47. The molecule has 2 aromatic rings. The van der Waals surface area contributed by atoms with Crippen LogP contribution in [-0.4, -0.2) is 31.0 Å². The Morgan fingerprint density at radius 2 is 1.80 bits per heavy atom. The zero-order chi connectivity index (χ0) is 18.0. The molecule has 2 aromatic carbocycles. The fourth-order valence-corrected chi connectivity index (χ4v) is 3.10. The number of ether oxygens (including phenoxy) is 1. The molecule has 3 rings (SSSR count). The van der Waals surface area contributed by atoms with E-state index in [1.807, 2.05) is 38.1 Å². The number of para-hydroxylation sites is 1. The van der Waals surface area contributed by atoms with Crippen LogP contribution in [0.3, 0.4) is 0 Å². The Morgan fingerprint density at radius 1 is 1.12 bits per heavy atom. The minimum Gasteiger partial charge on any atom is -0.491 e. The monoisotopic (exact) mass is 338 g/mol. The van der Waals surface area contributed by atoms with E-state index in [1.165, 1.54) is 0 Å². The molecule has 5 heteroatoms. The van der Waals surface area contributed by atoms with E-state index in [9.17, 15) is 9.59 Å². The van der Waals surface area contributed by atoms with Crippen LogP contribution < -0.4 is 15.0 Å². The molecule has 0 spiro atoms. The van der Waals surface area contributed by atoms with E-state index < -0.39 is 6.04 Å². The first kappa shape index (κ1) is 17.0. The van der Waals surface area contributed by atoms with Crippen molar-refractivity contribution in [2.24, 2.45) is 0 Å². The van der Waals surface area contributed by atoms with Gasteiger partial charge in [-0.2, -0.15) is 0 Å². The van der Waals surface area contributed by atoms with Crippen molar-refractivity contribution < 1.29 is 14.3 Å². The maximum atomic E-state index is 13.1. The summed E-state index contributed by atoms with van der Waals surface area (Å²) in [7, 11) is 1.59. The van der Waals surface area contributed by atoms with E-state index >= 15 is 0 Å². The number of benzene rings is 2. The molecule has 0 aromatic heterocycles. The molecule has 1 aliphatic rings. The van der Waals surface area contributed by atoms with Gasteiger partial charge in [0.2, 0.25) is 5.91 Å². The van der Waals surface area contributed by atoms with Gasteiger partial charge in [-0.3, -0.25) is 14.5 Å². The van der Waals surface area contributed by atoms with Gasteiger partial charge >= 0.3 is 0 Å². The Balaban J connectivity index is 1.91. The van der Waals surface area contributed by atoms with Crippen LogP contribution in [0.2, 0.25) is 0 Å². The van der Waals surface area contributed by atoms with Gasteiger partial charge in [0.05, 0.1) is 6.10 Å². The van der Waals surface area contributed by atoms with Gasteiger partial charge in [0, 0.05) is 24.7 Å². The first-order valence-electron chi connectivity index (χ1n) is 8.41. The third-order valence-corrected chi connectivity index (χ3v) is 4.22. The molecular weight excluding hydrogens is 316 g/mol. The molecule has 1 aliphatic heterocycles. The SMILES string of the molecule is CNC(=O)C1Cc2ccccc2N1C(=O)c1ccc(OC(C)C)cc1. The lowest BCUT2D eigenvalue weighted by atomic mass is 10.1. The van der Waals surface area contributed by atoms with Crippen molar-refractivity contribution in [3.05, 3.63) is 59.7 Å². The van der Waals surface area contributed by atoms with Crippen molar-refractivity contribution in [1.29, 1.82) is 0 Å². The number of carbonyl (C=O) groups is 2. The average molecular weight is 338 g/mol. The Hall–Kier alpha value is -2.82. The summed E-state index contributed by atoms with van der Waals surface area (Å²) >= 11 is 0. The maximum Gasteiger partial charge on any atom is 0.259 e. The maximum absolute atomic E-state index is 13.1. The van der Waals surface area contributed by atoms with Crippen LogP contribution in [0.25, 0.3) is 0 Å². The molecule has 1 unspecified atom stereocenters. The van der Waals surface area contributed by atoms with Crippen molar-refractivity contribution >= 4 is 17.5 Å². The summed E-state index contributed by atoms with van der Waals surface area (Å²) in [6.07, 6.45) is 0.598. The number of hydrogen-bond donors (Lipinski definition) is 1. The fraction of sp³-hybridized carbons (Fsp3) is 0.300. The van der Waals surface area contributed by atoms with Gasteiger partial charge in [-0.15, -0.1) is 0 Å². The Labute approximate surface area is 147 Å². The largest absolute Gasteiger partial charge is 0.491 e. The van der Waals surface area contributed by atoms with Crippen LogP contribution in [-0.2, 0) is 11.2 Å². The molecule has 130 valence electrons. The zero-order valence-electron chi connectivity index (χ0n) is 14.7. The number of nitrogens with one attached hydrogen (secondary N) is 1. The van der Waals surface area contributed by atoms with Crippen molar-refractivity contribution in [2.45, 2.75) is 32.4 Å². The minimum atomic E-state index is -0.526. The number of nitrogens with zero attached hydrogens (tertiary/aromatic N) is 1. The lowest BCUT2D eigenvalue weighted by Gasteiger charge is -2.24. The molecule has 0 aliphatic carbocycles. The van der Waals surface area contributed by atoms with Crippen LogP contribution in [0.5, 0.6) is 5.75 Å². The molecule has 1 heterocycles. The second kappa shape index (κ2) is 6.97. The number of anilines is 1. The topological polar surface area (TPSA) is 58.6 Å². The number of rotatable bonds is 4. The second-order valence-electron chi connectivity index (χ2n) is 6.33. The molecule has 0 fully saturated rings. The molecule has 1 atom stereocenters. The summed E-state index contributed by atoms with van der Waals surface area (Å²) in [6.45, 7) is 3.91. The van der Waals surface area contributed by atoms with E-state index in [4.69, 9.17) is 4.74 Å². The highest BCUT2D eigenvalue weighted by atomic mass is 16.5. The summed E-state index contributed by atoms with van der Waals surface area (Å²) in [5.74, 6) is 0.371. The van der Waals surface area contributed by atoms with Gasteiger partial charge in [-0.1, -0.05) is 18.2 Å². The number of likely N-dealkylation sites (N-methyl/N-ethyl adjacent to an activating group) is 1. The molecule has 1 N–H and O–H groups in total. The fourth-order valence-electron chi connectivity index (χ4n) is 3.10. The summed E-state index contributed by atoms with van der Waals surface area (Å²) < 4.78 is 5.62. The van der Waals surface area contributed by atoms with Crippen LogP contribution in [0, 0.1) is 0 Å². The van der Waals surface area contributed by atoms with Crippen LogP contribution in [0.15, 0.2) is 48.5 Å². The number of amides is 2. The van der Waals surface area contributed by atoms with E-state index in [1.54, 1.807) is 36.2 Å². The van der Waals surface area contributed by atoms with Crippen molar-refractivity contribution in [3.63, 3.8) is 0 Å². The minimum absolute atomic E-state index is 0.0737. The third-order valence-electron chi connectivity index (χ3n) is 4.22. The zero-order valence-corrected chi connectivity index (χ0v) is 14.7. The predicted molar refractivity (Wildman–Crippen MR) is 97.0 cm³/mol. The highest BCUT2D eigenvalue weighted by molar-refractivity contribution is 6.11. The number of carbonyl (C=O) groups excluding carboxylic acids is 2. The standard InChI is InChI=1S/C20H22N2O3/c1-13(2)25-16-10-8-14(9-11-16)20(24)22-17-7-5-4-6-15(17)12-18(22)19(23)21-3/h4-11,13,18H,12H2,1-3H3,(H,21,23).